The molecule has 1 heterocycles. The number of aromatic nitrogens is 2. The van der Waals surface area contributed by atoms with Gasteiger partial charge in [-0.15, -0.1) is 0 Å². The maximum Gasteiger partial charge on any atom is 0.134 e. The van der Waals surface area contributed by atoms with E-state index < -0.39 is 0 Å². The normalized spacial score (nSPS) is 12.7. The molecule has 0 aliphatic heterocycles. The highest BCUT2D eigenvalue weighted by atomic mass is 79.9. The summed E-state index contributed by atoms with van der Waals surface area (Å²) in [6, 6.07) is 1.96. The number of anilines is 1. The molecule has 0 spiro atoms. The van der Waals surface area contributed by atoms with Crippen molar-refractivity contribution in [2.24, 2.45) is 5.92 Å². The van der Waals surface area contributed by atoms with E-state index in [9.17, 15) is 0 Å². The minimum absolute atomic E-state index is 0.347. The van der Waals surface area contributed by atoms with Gasteiger partial charge in [-0.25, -0.2) is 9.97 Å². The molecular weight excluding hydrogens is 302 g/mol. The van der Waals surface area contributed by atoms with Gasteiger partial charge in [0.15, 0.2) is 0 Å². The van der Waals surface area contributed by atoms with Crippen LogP contribution in [0, 0.1) is 5.92 Å². The van der Waals surface area contributed by atoms with Crippen molar-refractivity contribution in [3.8, 4) is 0 Å². The summed E-state index contributed by atoms with van der Waals surface area (Å²) in [6.07, 6.45) is 5.09. The van der Waals surface area contributed by atoms with Crippen LogP contribution >= 0.6 is 15.9 Å². The summed E-state index contributed by atoms with van der Waals surface area (Å²) in [4.78, 5) is 8.96. The van der Waals surface area contributed by atoms with Gasteiger partial charge in [-0.1, -0.05) is 47.0 Å². The van der Waals surface area contributed by atoms with Gasteiger partial charge < -0.3 is 5.32 Å². The summed E-state index contributed by atoms with van der Waals surface area (Å²) < 4.78 is 0.857. The Hall–Kier alpha value is -0.640. The summed E-state index contributed by atoms with van der Waals surface area (Å²) in [6.45, 7) is 9.73. The largest absolute Gasteiger partial charge is 0.370 e. The van der Waals surface area contributed by atoms with Gasteiger partial charge in [0.2, 0.25) is 0 Å². The maximum atomic E-state index is 4.57. The SMILES string of the molecule is CCCCC(CC)CNc1cc(Br)nc(C(C)C)n1. The zero-order valence-corrected chi connectivity index (χ0v) is 14.1. The third kappa shape index (κ3) is 5.89. The molecule has 0 aliphatic rings. The first-order chi connectivity index (χ1) is 9.06. The lowest BCUT2D eigenvalue weighted by Crippen LogP contribution is -2.15. The van der Waals surface area contributed by atoms with Gasteiger partial charge in [0.05, 0.1) is 0 Å². The zero-order valence-electron chi connectivity index (χ0n) is 12.5. The van der Waals surface area contributed by atoms with Gasteiger partial charge in [-0.05, 0) is 28.3 Å². The summed E-state index contributed by atoms with van der Waals surface area (Å²) in [5.74, 6) is 2.90. The molecule has 19 heavy (non-hydrogen) atoms. The molecule has 0 amide bonds. The molecule has 1 atom stereocenters. The molecule has 4 heteroatoms. The monoisotopic (exact) mass is 327 g/mol. The number of rotatable bonds is 8. The Labute approximate surface area is 125 Å². The zero-order chi connectivity index (χ0) is 14.3. The van der Waals surface area contributed by atoms with Crippen LogP contribution in [0.1, 0.15) is 65.1 Å². The summed E-state index contributed by atoms with van der Waals surface area (Å²) >= 11 is 3.46. The van der Waals surface area contributed by atoms with Crippen LogP contribution in [0.5, 0.6) is 0 Å². The highest BCUT2D eigenvalue weighted by Gasteiger charge is 2.09. The van der Waals surface area contributed by atoms with Gasteiger partial charge in [0.25, 0.3) is 0 Å². The van der Waals surface area contributed by atoms with E-state index in [1.165, 1.54) is 25.7 Å². The second-order valence-electron chi connectivity index (χ2n) is 5.39. The van der Waals surface area contributed by atoms with E-state index in [0.29, 0.717) is 5.92 Å². The van der Waals surface area contributed by atoms with Gasteiger partial charge in [-0.2, -0.15) is 0 Å². The van der Waals surface area contributed by atoms with Crippen molar-refractivity contribution in [1.29, 1.82) is 0 Å². The van der Waals surface area contributed by atoms with Crippen LogP contribution in [-0.2, 0) is 0 Å². The van der Waals surface area contributed by atoms with Crippen LogP contribution in [0.25, 0.3) is 0 Å². The van der Waals surface area contributed by atoms with Crippen LogP contribution in [0.3, 0.4) is 0 Å². The Morgan fingerprint density at radius 1 is 1.26 bits per heavy atom. The van der Waals surface area contributed by atoms with E-state index >= 15 is 0 Å². The number of halogens is 1. The molecular formula is C15H26BrN3. The summed E-state index contributed by atoms with van der Waals surface area (Å²) in [5, 5.41) is 3.46. The summed E-state index contributed by atoms with van der Waals surface area (Å²) in [5.41, 5.74) is 0. The first-order valence-electron chi connectivity index (χ1n) is 7.35. The van der Waals surface area contributed by atoms with Crippen LogP contribution in [-0.4, -0.2) is 16.5 Å². The fourth-order valence-corrected chi connectivity index (χ4v) is 2.37. The number of nitrogens with zero attached hydrogens (tertiary/aromatic N) is 2. The van der Waals surface area contributed by atoms with Crippen molar-refractivity contribution in [3.05, 3.63) is 16.5 Å². The predicted octanol–water partition coefficient (Wildman–Crippen LogP) is 4.99. The highest BCUT2D eigenvalue weighted by Crippen LogP contribution is 2.19. The van der Waals surface area contributed by atoms with Crippen LogP contribution in [0.4, 0.5) is 5.82 Å². The number of hydrogen-bond acceptors (Lipinski definition) is 3. The lowest BCUT2D eigenvalue weighted by atomic mass is 9.99. The Morgan fingerprint density at radius 2 is 2.00 bits per heavy atom. The maximum absolute atomic E-state index is 4.57. The van der Waals surface area contributed by atoms with Crippen molar-refractivity contribution in [2.45, 2.75) is 59.3 Å². The quantitative estimate of drug-likeness (QED) is 0.683. The first kappa shape index (κ1) is 16.4. The molecule has 0 aliphatic carbocycles. The third-order valence-corrected chi connectivity index (χ3v) is 3.75. The van der Waals surface area contributed by atoms with Gasteiger partial charge in [-0.3, -0.25) is 0 Å². The number of unbranched alkanes of at least 4 members (excludes halogenated alkanes) is 1. The molecule has 1 aromatic rings. The van der Waals surface area contributed by atoms with Crippen molar-refractivity contribution >= 4 is 21.7 Å². The molecule has 1 rings (SSSR count). The standard InChI is InChI=1S/C15H26BrN3/c1-5-7-8-12(6-2)10-17-14-9-13(16)18-15(19-14)11(3)4/h9,11-12H,5-8,10H2,1-4H3,(H,17,18,19). The smallest absolute Gasteiger partial charge is 0.134 e. The predicted molar refractivity (Wildman–Crippen MR) is 85.6 cm³/mol. The second-order valence-corrected chi connectivity index (χ2v) is 6.20. The molecule has 0 saturated heterocycles. The third-order valence-electron chi connectivity index (χ3n) is 3.34. The van der Waals surface area contributed by atoms with Crippen molar-refractivity contribution in [3.63, 3.8) is 0 Å². The molecule has 0 fully saturated rings. The van der Waals surface area contributed by atoms with Crippen LogP contribution in [0.15, 0.2) is 10.7 Å². The van der Waals surface area contributed by atoms with E-state index in [0.717, 1.165) is 28.7 Å². The Bertz CT molecular complexity index is 380. The molecule has 108 valence electrons. The Balaban J connectivity index is 2.60. The van der Waals surface area contributed by atoms with E-state index in [1.807, 2.05) is 6.07 Å². The Kier molecular flexibility index (Phi) is 7.36. The van der Waals surface area contributed by atoms with E-state index in [2.05, 4.69) is 58.9 Å². The van der Waals surface area contributed by atoms with Gasteiger partial charge in [0, 0.05) is 18.5 Å². The lowest BCUT2D eigenvalue weighted by molar-refractivity contribution is 0.472. The second kappa shape index (κ2) is 8.51. The fourth-order valence-electron chi connectivity index (χ4n) is 1.98. The van der Waals surface area contributed by atoms with Crippen molar-refractivity contribution in [1.82, 2.24) is 9.97 Å². The molecule has 0 aromatic carbocycles. The van der Waals surface area contributed by atoms with Crippen molar-refractivity contribution < 1.29 is 0 Å². The minimum atomic E-state index is 0.347. The summed E-state index contributed by atoms with van der Waals surface area (Å²) in [7, 11) is 0. The number of nitrogens with one attached hydrogen (secondary N) is 1. The minimum Gasteiger partial charge on any atom is -0.370 e. The lowest BCUT2D eigenvalue weighted by Gasteiger charge is -2.16. The fraction of sp³-hybridized carbons (Fsp3) is 0.733. The van der Waals surface area contributed by atoms with Crippen molar-refractivity contribution in [2.75, 3.05) is 11.9 Å². The first-order valence-corrected chi connectivity index (χ1v) is 8.14. The number of hydrogen-bond donors (Lipinski definition) is 1. The van der Waals surface area contributed by atoms with E-state index in [4.69, 9.17) is 0 Å². The molecule has 1 unspecified atom stereocenters. The van der Waals surface area contributed by atoms with E-state index in [1.54, 1.807) is 0 Å². The molecule has 0 radical (unpaired) electrons. The molecule has 0 saturated carbocycles. The molecule has 1 N–H and O–H groups in total. The molecule has 3 nitrogen and oxygen atoms in total. The topological polar surface area (TPSA) is 37.8 Å². The Morgan fingerprint density at radius 3 is 2.58 bits per heavy atom. The average Bonchev–Trinajstić information content (AvgIpc) is 2.38. The van der Waals surface area contributed by atoms with Crippen LogP contribution in [0.2, 0.25) is 0 Å². The highest BCUT2D eigenvalue weighted by molar-refractivity contribution is 9.10. The van der Waals surface area contributed by atoms with E-state index in [-0.39, 0.29) is 0 Å². The van der Waals surface area contributed by atoms with Gasteiger partial charge >= 0.3 is 0 Å². The average molecular weight is 328 g/mol. The van der Waals surface area contributed by atoms with Gasteiger partial charge in [0.1, 0.15) is 16.2 Å². The van der Waals surface area contributed by atoms with Crippen LogP contribution < -0.4 is 5.32 Å². The molecule has 0 bridgehead atoms. The molecule has 1 aromatic heterocycles.